The van der Waals surface area contributed by atoms with Gasteiger partial charge in [0, 0.05) is 12.8 Å². The lowest BCUT2D eigenvalue weighted by molar-refractivity contribution is -0.298. The van der Waals surface area contributed by atoms with Crippen LogP contribution in [0.25, 0.3) is 0 Å². The zero-order valence-corrected chi connectivity index (χ0v) is 37.2. The van der Waals surface area contributed by atoms with Gasteiger partial charge in [-0.3, -0.25) is 9.59 Å². The Kier molecular flexibility index (Phi) is 35.5. The summed E-state index contributed by atoms with van der Waals surface area (Å²) in [6, 6.07) is 0. The van der Waals surface area contributed by atoms with E-state index in [1.165, 1.54) is 44.9 Å². The average Bonchev–Trinajstić information content (AvgIpc) is 3.23. The molecule has 0 aromatic heterocycles. The Morgan fingerprint density at radius 1 is 0.517 bits per heavy atom. The molecule has 4 N–H and O–H groups in total. The number of aliphatic carboxylic acids is 1. The first-order valence-electron chi connectivity index (χ1n) is 23.3. The zero-order valence-electron chi connectivity index (χ0n) is 37.2. The number of carboxylic acid groups (broad SMARTS) is 1. The van der Waals surface area contributed by atoms with Gasteiger partial charge in [0.1, 0.15) is 24.9 Å². The molecule has 0 aromatic rings. The number of rotatable bonds is 38. The molecule has 11 heteroatoms. The molecule has 0 bridgehead atoms. The van der Waals surface area contributed by atoms with E-state index in [-0.39, 0.29) is 19.4 Å². The van der Waals surface area contributed by atoms with Gasteiger partial charge in [0.2, 0.25) is 0 Å². The summed E-state index contributed by atoms with van der Waals surface area (Å²) >= 11 is 0. The molecular formula is C49H82O11. The maximum Gasteiger partial charge on any atom is 0.335 e. The predicted octanol–water partition coefficient (Wildman–Crippen LogP) is 10.3. The number of hydrogen-bond donors (Lipinski definition) is 4. The molecule has 0 saturated carbocycles. The van der Waals surface area contributed by atoms with Crippen LogP contribution in [0.3, 0.4) is 0 Å². The van der Waals surface area contributed by atoms with Gasteiger partial charge in [-0.2, -0.15) is 0 Å². The number of aliphatic hydroxyl groups is 3. The van der Waals surface area contributed by atoms with E-state index in [2.05, 4.69) is 74.6 Å². The molecule has 6 unspecified atom stereocenters. The minimum atomic E-state index is -1.87. The second-order valence-electron chi connectivity index (χ2n) is 15.9. The van der Waals surface area contributed by atoms with E-state index in [1.54, 1.807) is 0 Å². The molecule has 1 fully saturated rings. The predicted molar refractivity (Wildman–Crippen MR) is 238 cm³/mol. The highest BCUT2D eigenvalue weighted by Crippen LogP contribution is 2.23. The van der Waals surface area contributed by atoms with Crippen molar-refractivity contribution < 1.29 is 53.8 Å². The molecule has 1 saturated heterocycles. The molecule has 1 aliphatic heterocycles. The van der Waals surface area contributed by atoms with Crippen LogP contribution in [0.5, 0.6) is 0 Å². The summed E-state index contributed by atoms with van der Waals surface area (Å²) < 4.78 is 21.7. The van der Waals surface area contributed by atoms with Crippen LogP contribution in [-0.2, 0) is 33.3 Å². The monoisotopic (exact) mass is 847 g/mol. The third kappa shape index (κ3) is 30.0. The number of unbranched alkanes of at least 4 members (excludes halogenated alkanes) is 17. The van der Waals surface area contributed by atoms with Gasteiger partial charge in [-0.25, -0.2) is 4.79 Å². The van der Waals surface area contributed by atoms with E-state index in [0.717, 1.165) is 96.3 Å². The van der Waals surface area contributed by atoms with Crippen molar-refractivity contribution in [2.24, 2.45) is 0 Å². The minimum absolute atomic E-state index is 0.161. The Hall–Kier alpha value is -3.09. The van der Waals surface area contributed by atoms with Crippen LogP contribution in [0, 0.1) is 0 Å². The SMILES string of the molecule is CCCCC/C=C\C/C=C\C/C=C\CCCCCCCCC(=O)OCC(COC1OC(C(=O)O)C(O)C(O)C1O)OC(=O)CCCCCCC/C=C\C/C=C\CCCCC. The summed E-state index contributed by atoms with van der Waals surface area (Å²) in [6.45, 7) is 3.73. The number of aliphatic hydroxyl groups excluding tert-OH is 3. The Morgan fingerprint density at radius 2 is 0.933 bits per heavy atom. The highest BCUT2D eigenvalue weighted by Gasteiger charge is 2.47. The first-order valence-corrected chi connectivity index (χ1v) is 23.3. The zero-order chi connectivity index (χ0) is 43.9. The van der Waals surface area contributed by atoms with Crippen LogP contribution in [-0.4, -0.2) is 88.4 Å². The highest BCUT2D eigenvalue weighted by molar-refractivity contribution is 5.73. The Balaban J connectivity index is 2.37. The molecule has 6 atom stereocenters. The molecule has 0 aliphatic carbocycles. The summed E-state index contributed by atoms with van der Waals surface area (Å²) in [5.41, 5.74) is 0. The van der Waals surface area contributed by atoms with E-state index < -0.39 is 61.3 Å². The summed E-state index contributed by atoms with van der Waals surface area (Å²) in [5, 5.41) is 39.8. The number of esters is 2. The van der Waals surface area contributed by atoms with E-state index in [9.17, 15) is 34.8 Å². The smallest absolute Gasteiger partial charge is 0.335 e. The Labute approximate surface area is 362 Å². The minimum Gasteiger partial charge on any atom is -0.479 e. The number of carbonyl (C=O) groups is 3. The maximum absolute atomic E-state index is 12.8. The lowest BCUT2D eigenvalue weighted by atomic mass is 9.99. The van der Waals surface area contributed by atoms with Crippen LogP contribution < -0.4 is 0 Å². The van der Waals surface area contributed by atoms with Gasteiger partial charge >= 0.3 is 17.9 Å². The van der Waals surface area contributed by atoms with Gasteiger partial charge in [-0.1, -0.05) is 145 Å². The summed E-state index contributed by atoms with van der Waals surface area (Å²) in [5.74, 6) is -2.48. The number of allylic oxidation sites excluding steroid dienone is 10. The van der Waals surface area contributed by atoms with Crippen molar-refractivity contribution in [3.8, 4) is 0 Å². The molecular weight excluding hydrogens is 765 g/mol. The fraction of sp³-hybridized carbons (Fsp3) is 0.735. The van der Waals surface area contributed by atoms with E-state index in [0.29, 0.717) is 12.8 Å². The Bertz CT molecular complexity index is 1230. The first kappa shape index (κ1) is 54.9. The van der Waals surface area contributed by atoms with Gasteiger partial charge in [0.05, 0.1) is 6.61 Å². The first-order chi connectivity index (χ1) is 29.2. The number of hydrogen-bond acceptors (Lipinski definition) is 10. The maximum atomic E-state index is 12.8. The van der Waals surface area contributed by atoms with Crippen LogP contribution in [0.15, 0.2) is 60.8 Å². The molecule has 0 spiro atoms. The van der Waals surface area contributed by atoms with Gasteiger partial charge in [-0.05, 0) is 83.5 Å². The van der Waals surface area contributed by atoms with Crippen molar-refractivity contribution >= 4 is 17.9 Å². The Morgan fingerprint density at radius 3 is 1.40 bits per heavy atom. The van der Waals surface area contributed by atoms with Crippen LogP contribution in [0.1, 0.15) is 181 Å². The largest absolute Gasteiger partial charge is 0.479 e. The molecule has 1 rings (SSSR count). The van der Waals surface area contributed by atoms with Crippen LogP contribution in [0.2, 0.25) is 0 Å². The second-order valence-corrected chi connectivity index (χ2v) is 15.9. The van der Waals surface area contributed by atoms with Crippen molar-refractivity contribution in [3.63, 3.8) is 0 Å². The third-order valence-corrected chi connectivity index (χ3v) is 10.3. The standard InChI is InChI=1S/C49H82O11/c1-3-5-7-9-11-13-15-17-19-20-21-22-24-25-27-29-31-33-35-37-42(50)57-39-41(40-58-49-46(54)44(52)45(53)47(60-49)48(55)56)59-43(51)38-36-34-32-30-28-26-23-18-16-14-12-10-8-6-4-2/h11-14,17-19,21-23,41,44-47,49,52-54H,3-10,15-16,20,24-40H2,1-2H3,(H,55,56)/b13-11-,14-12-,19-17-,22-21-,23-18-. The number of carbonyl (C=O) groups excluding carboxylic acids is 2. The van der Waals surface area contributed by atoms with Crippen molar-refractivity contribution in [2.75, 3.05) is 13.2 Å². The molecule has 11 nitrogen and oxygen atoms in total. The molecule has 344 valence electrons. The average molecular weight is 847 g/mol. The van der Waals surface area contributed by atoms with Gasteiger partial charge in [0.15, 0.2) is 18.5 Å². The summed E-state index contributed by atoms with van der Waals surface area (Å²) in [4.78, 5) is 36.9. The molecule has 0 radical (unpaired) electrons. The van der Waals surface area contributed by atoms with E-state index in [1.807, 2.05) is 0 Å². The topological polar surface area (TPSA) is 169 Å². The number of ether oxygens (including phenoxy) is 4. The van der Waals surface area contributed by atoms with Crippen molar-refractivity contribution in [3.05, 3.63) is 60.8 Å². The fourth-order valence-electron chi connectivity index (χ4n) is 6.62. The summed E-state index contributed by atoms with van der Waals surface area (Å²) in [7, 11) is 0. The van der Waals surface area contributed by atoms with Gasteiger partial charge in [-0.15, -0.1) is 0 Å². The molecule has 1 heterocycles. The number of carboxylic acids is 1. The second kappa shape index (κ2) is 38.8. The lowest BCUT2D eigenvalue weighted by Gasteiger charge is -2.38. The van der Waals surface area contributed by atoms with Crippen LogP contribution >= 0.6 is 0 Å². The van der Waals surface area contributed by atoms with Crippen molar-refractivity contribution in [1.29, 1.82) is 0 Å². The van der Waals surface area contributed by atoms with Gasteiger partial charge < -0.3 is 39.4 Å². The van der Waals surface area contributed by atoms with E-state index in [4.69, 9.17) is 18.9 Å². The lowest BCUT2D eigenvalue weighted by Crippen LogP contribution is -2.60. The highest BCUT2D eigenvalue weighted by atomic mass is 16.7. The molecule has 60 heavy (non-hydrogen) atoms. The van der Waals surface area contributed by atoms with E-state index >= 15 is 0 Å². The molecule has 0 amide bonds. The van der Waals surface area contributed by atoms with Crippen molar-refractivity contribution in [2.45, 2.75) is 218 Å². The molecule has 1 aliphatic rings. The van der Waals surface area contributed by atoms with Gasteiger partial charge in [0.25, 0.3) is 0 Å². The van der Waals surface area contributed by atoms with Crippen molar-refractivity contribution in [1.82, 2.24) is 0 Å². The third-order valence-electron chi connectivity index (χ3n) is 10.3. The summed E-state index contributed by atoms with van der Waals surface area (Å²) in [6.07, 6.45) is 38.3. The quantitative estimate of drug-likeness (QED) is 0.0265. The fourth-order valence-corrected chi connectivity index (χ4v) is 6.62. The van der Waals surface area contributed by atoms with Crippen LogP contribution in [0.4, 0.5) is 0 Å². The normalized spacial score (nSPS) is 20.3. The molecule has 0 aromatic carbocycles.